The Bertz CT molecular complexity index is 970. The fourth-order valence-corrected chi connectivity index (χ4v) is 2.90. The second kappa shape index (κ2) is 5.97. The molecule has 1 aromatic carbocycles. The van der Waals surface area contributed by atoms with Gasteiger partial charge in [-0.2, -0.15) is 0 Å². The van der Waals surface area contributed by atoms with Gasteiger partial charge in [0.05, 0.1) is 17.5 Å². The SMILES string of the molecule is O=C(NC1CCN(c2ccccc2F)C1=O)c1ccc2[nH]cnc2n1. The van der Waals surface area contributed by atoms with Crippen molar-refractivity contribution in [3.8, 4) is 0 Å². The number of nitrogens with zero attached hydrogens (tertiary/aromatic N) is 3. The number of benzene rings is 1. The van der Waals surface area contributed by atoms with Crippen LogP contribution in [0.1, 0.15) is 16.9 Å². The van der Waals surface area contributed by atoms with Crippen LogP contribution in [0.3, 0.4) is 0 Å². The molecule has 3 aromatic rings. The van der Waals surface area contributed by atoms with Crippen LogP contribution in [0, 0.1) is 5.82 Å². The number of halogens is 1. The molecule has 1 aliphatic heterocycles. The van der Waals surface area contributed by atoms with Gasteiger partial charge in [-0.15, -0.1) is 0 Å². The van der Waals surface area contributed by atoms with Crippen LogP contribution < -0.4 is 10.2 Å². The van der Waals surface area contributed by atoms with Gasteiger partial charge in [0.2, 0.25) is 5.91 Å². The molecule has 7 nitrogen and oxygen atoms in total. The molecule has 0 radical (unpaired) electrons. The lowest BCUT2D eigenvalue weighted by Gasteiger charge is -2.17. The van der Waals surface area contributed by atoms with Crippen molar-refractivity contribution in [2.24, 2.45) is 0 Å². The van der Waals surface area contributed by atoms with E-state index in [1.165, 1.54) is 17.3 Å². The number of carbonyl (C=O) groups excluding carboxylic acids is 2. The number of aromatic amines is 1. The fraction of sp³-hybridized carbons (Fsp3) is 0.176. The van der Waals surface area contributed by atoms with E-state index < -0.39 is 17.8 Å². The summed E-state index contributed by atoms with van der Waals surface area (Å²) in [5.74, 6) is -1.26. The highest BCUT2D eigenvalue weighted by Gasteiger charge is 2.35. The summed E-state index contributed by atoms with van der Waals surface area (Å²) in [6.45, 7) is 0.344. The predicted octanol–water partition coefficient (Wildman–Crippen LogP) is 1.63. The highest BCUT2D eigenvalue weighted by molar-refractivity contribution is 6.03. The fourth-order valence-electron chi connectivity index (χ4n) is 2.90. The average Bonchev–Trinajstić information content (AvgIpc) is 3.22. The van der Waals surface area contributed by atoms with Crippen molar-refractivity contribution >= 4 is 28.7 Å². The van der Waals surface area contributed by atoms with E-state index in [1.54, 1.807) is 30.3 Å². The van der Waals surface area contributed by atoms with Crippen LogP contribution >= 0.6 is 0 Å². The summed E-state index contributed by atoms with van der Waals surface area (Å²) in [6, 6.07) is 8.64. The molecule has 2 amide bonds. The quantitative estimate of drug-likeness (QED) is 0.759. The van der Waals surface area contributed by atoms with Crippen LogP contribution in [-0.2, 0) is 4.79 Å². The third-order valence-electron chi connectivity index (χ3n) is 4.17. The number of carbonyl (C=O) groups is 2. The van der Waals surface area contributed by atoms with E-state index in [0.29, 0.717) is 18.6 Å². The number of hydrogen-bond donors (Lipinski definition) is 2. The average molecular weight is 339 g/mol. The predicted molar refractivity (Wildman–Crippen MR) is 88.5 cm³/mol. The molecule has 0 spiro atoms. The molecule has 1 fully saturated rings. The van der Waals surface area contributed by atoms with Crippen LogP contribution in [0.25, 0.3) is 11.2 Å². The third kappa shape index (κ3) is 2.71. The van der Waals surface area contributed by atoms with Gasteiger partial charge in [0, 0.05) is 6.54 Å². The molecule has 2 N–H and O–H groups in total. The second-order valence-corrected chi connectivity index (χ2v) is 5.73. The van der Waals surface area contributed by atoms with E-state index in [1.807, 2.05) is 0 Å². The largest absolute Gasteiger partial charge is 0.343 e. The maximum atomic E-state index is 13.9. The van der Waals surface area contributed by atoms with Crippen molar-refractivity contribution in [2.45, 2.75) is 12.5 Å². The number of para-hydroxylation sites is 1. The number of aromatic nitrogens is 3. The first kappa shape index (κ1) is 15.3. The molecular weight excluding hydrogens is 325 g/mol. The third-order valence-corrected chi connectivity index (χ3v) is 4.17. The number of H-pyrrole nitrogens is 1. The molecule has 0 saturated carbocycles. The molecule has 1 atom stereocenters. The van der Waals surface area contributed by atoms with Gasteiger partial charge in [-0.05, 0) is 30.7 Å². The number of pyridine rings is 1. The van der Waals surface area contributed by atoms with Crippen molar-refractivity contribution < 1.29 is 14.0 Å². The van der Waals surface area contributed by atoms with Crippen LogP contribution in [0.5, 0.6) is 0 Å². The number of nitrogens with one attached hydrogen (secondary N) is 2. The van der Waals surface area contributed by atoms with Gasteiger partial charge < -0.3 is 15.2 Å². The maximum Gasteiger partial charge on any atom is 0.270 e. The molecule has 4 rings (SSSR count). The number of anilines is 1. The van der Waals surface area contributed by atoms with Crippen LogP contribution in [0.15, 0.2) is 42.7 Å². The van der Waals surface area contributed by atoms with Gasteiger partial charge in [0.25, 0.3) is 5.91 Å². The first-order valence-corrected chi connectivity index (χ1v) is 7.80. The van der Waals surface area contributed by atoms with Crippen molar-refractivity contribution in [3.05, 3.63) is 54.2 Å². The zero-order chi connectivity index (χ0) is 17.4. The van der Waals surface area contributed by atoms with Gasteiger partial charge >= 0.3 is 0 Å². The Labute approximate surface area is 141 Å². The standard InChI is InChI=1S/C17H14FN5O2/c18-10-3-1-2-4-14(10)23-8-7-13(17(23)25)22-16(24)12-6-5-11-15(21-12)20-9-19-11/h1-6,9,13H,7-8H2,(H,22,24)(H,19,20,21). The number of rotatable bonds is 3. The van der Waals surface area contributed by atoms with Gasteiger partial charge in [-0.25, -0.2) is 14.4 Å². The molecule has 3 heterocycles. The van der Waals surface area contributed by atoms with Crippen LogP contribution in [0.2, 0.25) is 0 Å². The minimum absolute atomic E-state index is 0.178. The lowest BCUT2D eigenvalue weighted by molar-refractivity contribution is -0.118. The zero-order valence-electron chi connectivity index (χ0n) is 13.1. The molecule has 0 aliphatic carbocycles. The van der Waals surface area contributed by atoms with Crippen molar-refractivity contribution in [1.82, 2.24) is 20.3 Å². The first-order valence-electron chi connectivity index (χ1n) is 7.80. The first-order chi connectivity index (χ1) is 12.1. The summed E-state index contributed by atoms with van der Waals surface area (Å²) in [6.07, 6.45) is 1.90. The Kier molecular flexibility index (Phi) is 3.64. The Balaban J connectivity index is 1.50. The highest BCUT2D eigenvalue weighted by Crippen LogP contribution is 2.24. The van der Waals surface area contributed by atoms with E-state index in [4.69, 9.17) is 0 Å². The van der Waals surface area contributed by atoms with Crippen molar-refractivity contribution in [3.63, 3.8) is 0 Å². The summed E-state index contributed by atoms with van der Waals surface area (Å²) in [4.78, 5) is 37.3. The van der Waals surface area contributed by atoms with E-state index in [9.17, 15) is 14.0 Å². The smallest absolute Gasteiger partial charge is 0.270 e. The lowest BCUT2D eigenvalue weighted by atomic mass is 10.2. The minimum Gasteiger partial charge on any atom is -0.343 e. The number of hydrogen-bond acceptors (Lipinski definition) is 4. The van der Waals surface area contributed by atoms with Gasteiger partial charge in [0.15, 0.2) is 5.65 Å². The maximum absolute atomic E-state index is 13.9. The molecule has 126 valence electrons. The molecule has 1 aliphatic rings. The Hall–Kier alpha value is -3.29. The Morgan fingerprint density at radius 3 is 2.96 bits per heavy atom. The molecule has 1 unspecified atom stereocenters. The Morgan fingerprint density at radius 2 is 2.12 bits per heavy atom. The monoisotopic (exact) mass is 339 g/mol. The number of fused-ring (bicyclic) bond motifs is 1. The van der Waals surface area contributed by atoms with E-state index in [-0.39, 0.29) is 17.3 Å². The van der Waals surface area contributed by atoms with E-state index >= 15 is 0 Å². The van der Waals surface area contributed by atoms with Crippen molar-refractivity contribution in [1.29, 1.82) is 0 Å². The summed E-state index contributed by atoms with van der Waals surface area (Å²) in [5.41, 5.74) is 1.55. The zero-order valence-corrected chi connectivity index (χ0v) is 13.1. The van der Waals surface area contributed by atoms with Crippen LogP contribution in [0.4, 0.5) is 10.1 Å². The van der Waals surface area contributed by atoms with Crippen LogP contribution in [-0.4, -0.2) is 39.4 Å². The summed E-state index contributed by atoms with van der Waals surface area (Å²) in [5, 5.41) is 2.67. The minimum atomic E-state index is -0.705. The van der Waals surface area contributed by atoms with Gasteiger partial charge in [-0.1, -0.05) is 12.1 Å². The Morgan fingerprint density at radius 1 is 1.28 bits per heavy atom. The number of imidazole rings is 1. The summed E-state index contributed by atoms with van der Waals surface area (Å²) >= 11 is 0. The molecular formula is C17H14FN5O2. The molecule has 8 heteroatoms. The number of amides is 2. The molecule has 2 aromatic heterocycles. The summed E-state index contributed by atoms with van der Waals surface area (Å²) < 4.78 is 13.9. The molecule has 0 bridgehead atoms. The van der Waals surface area contributed by atoms with Gasteiger partial charge in [-0.3, -0.25) is 9.59 Å². The highest BCUT2D eigenvalue weighted by atomic mass is 19.1. The second-order valence-electron chi connectivity index (χ2n) is 5.73. The topological polar surface area (TPSA) is 91.0 Å². The van der Waals surface area contributed by atoms with Gasteiger partial charge in [0.1, 0.15) is 17.6 Å². The normalized spacial score (nSPS) is 17.2. The summed E-state index contributed by atoms with van der Waals surface area (Å²) in [7, 11) is 0. The van der Waals surface area contributed by atoms with E-state index in [2.05, 4.69) is 20.3 Å². The lowest BCUT2D eigenvalue weighted by Crippen LogP contribution is -2.42. The van der Waals surface area contributed by atoms with Crippen molar-refractivity contribution in [2.75, 3.05) is 11.4 Å². The van der Waals surface area contributed by atoms with E-state index in [0.717, 1.165) is 5.52 Å². The molecule has 1 saturated heterocycles. The molecule has 25 heavy (non-hydrogen) atoms.